The number of ether oxygens (including phenoxy) is 1. The molecule has 0 bridgehead atoms. The van der Waals surface area contributed by atoms with E-state index in [0.29, 0.717) is 12.6 Å². The van der Waals surface area contributed by atoms with Gasteiger partial charge in [0.1, 0.15) is 12.4 Å². The number of alkyl halides is 3. The number of aryl methyl sites for hydroxylation is 1. The number of aliphatic imine (C=N–C) groups is 1. The standard InChI is InChI=1S/C20H27F3N6O.HI/c1-24-19(25-14-16-15-27(2)26-18(16)20(21,22)23)29-10-8-28(9-11-29)12-13-30-17-6-4-3-5-7-17;/h3-7,15H,8-14H2,1-2H3,(H,24,25);1H. The highest BCUT2D eigenvalue weighted by atomic mass is 127. The molecule has 11 heteroatoms. The van der Waals surface area contributed by atoms with Crippen LogP contribution in [0.25, 0.3) is 0 Å². The Hall–Kier alpha value is -2.02. The molecule has 0 aliphatic carbocycles. The van der Waals surface area contributed by atoms with Crippen LogP contribution in [0.1, 0.15) is 11.3 Å². The lowest BCUT2D eigenvalue weighted by Gasteiger charge is -2.36. The molecular weight excluding hydrogens is 524 g/mol. The van der Waals surface area contributed by atoms with Gasteiger partial charge in [0.15, 0.2) is 11.7 Å². The fourth-order valence-corrected chi connectivity index (χ4v) is 3.40. The average Bonchev–Trinajstić information content (AvgIpc) is 3.11. The summed E-state index contributed by atoms with van der Waals surface area (Å²) in [6, 6.07) is 9.69. The zero-order valence-electron chi connectivity index (χ0n) is 17.6. The van der Waals surface area contributed by atoms with E-state index in [1.54, 1.807) is 7.05 Å². The van der Waals surface area contributed by atoms with Crippen LogP contribution in [-0.4, -0.2) is 71.9 Å². The summed E-state index contributed by atoms with van der Waals surface area (Å²) in [5.74, 6) is 1.45. The van der Waals surface area contributed by atoms with E-state index in [1.807, 2.05) is 30.3 Å². The van der Waals surface area contributed by atoms with Crippen LogP contribution in [0.4, 0.5) is 13.2 Å². The maximum atomic E-state index is 13.1. The van der Waals surface area contributed by atoms with Gasteiger partial charge in [-0.25, -0.2) is 0 Å². The minimum absolute atomic E-state index is 0. The topological polar surface area (TPSA) is 57.9 Å². The minimum Gasteiger partial charge on any atom is -0.492 e. The van der Waals surface area contributed by atoms with E-state index < -0.39 is 11.9 Å². The number of piperazine rings is 1. The maximum absolute atomic E-state index is 13.1. The molecule has 1 aliphatic rings. The zero-order valence-corrected chi connectivity index (χ0v) is 19.9. The SMILES string of the molecule is CN=C(NCc1cn(C)nc1C(F)(F)F)N1CCN(CCOc2ccccc2)CC1.I. The van der Waals surface area contributed by atoms with Crippen LogP contribution in [0.3, 0.4) is 0 Å². The van der Waals surface area contributed by atoms with Gasteiger partial charge in [-0.2, -0.15) is 18.3 Å². The van der Waals surface area contributed by atoms with Crippen LogP contribution in [0.5, 0.6) is 5.75 Å². The number of halogens is 4. The first-order chi connectivity index (χ1) is 14.4. The Morgan fingerprint density at radius 1 is 1.16 bits per heavy atom. The number of benzene rings is 1. The molecule has 1 N–H and O–H groups in total. The molecule has 0 amide bonds. The molecule has 1 aromatic carbocycles. The van der Waals surface area contributed by atoms with Crippen LogP contribution >= 0.6 is 24.0 Å². The number of nitrogens with zero attached hydrogens (tertiary/aromatic N) is 5. The molecule has 0 spiro atoms. The van der Waals surface area contributed by atoms with Crippen molar-refractivity contribution in [3.05, 3.63) is 47.8 Å². The van der Waals surface area contributed by atoms with E-state index in [0.717, 1.165) is 38.5 Å². The molecule has 1 fully saturated rings. The molecule has 1 aromatic heterocycles. The molecule has 172 valence electrons. The van der Waals surface area contributed by atoms with Gasteiger partial charge in [0.25, 0.3) is 0 Å². The van der Waals surface area contributed by atoms with Gasteiger partial charge in [-0.15, -0.1) is 24.0 Å². The Morgan fingerprint density at radius 2 is 1.84 bits per heavy atom. The van der Waals surface area contributed by atoms with Crippen molar-refractivity contribution in [2.24, 2.45) is 12.0 Å². The third kappa shape index (κ3) is 7.27. The van der Waals surface area contributed by atoms with E-state index in [2.05, 4.69) is 25.2 Å². The average molecular weight is 552 g/mol. The van der Waals surface area contributed by atoms with Crippen molar-refractivity contribution in [1.82, 2.24) is 24.9 Å². The van der Waals surface area contributed by atoms with Crippen LogP contribution in [-0.2, 0) is 19.8 Å². The van der Waals surface area contributed by atoms with E-state index in [-0.39, 0.29) is 36.1 Å². The van der Waals surface area contributed by atoms with Crippen LogP contribution in [0.15, 0.2) is 41.5 Å². The van der Waals surface area contributed by atoms with Gasteiger partial charge in [-0.1, -0.05) is 18.2 Å². The van der Waals surface area contributed by atoms with Crippen molar-refractivity contribution in [2.45, 2.75) is 12.7 Å². The zero-order chi connectivity index (χ0) is 21.6. The van der Waals surface area contributed by atoms with Crippen molar-refractivity contribution in [2.75, 3.05) is 46.4 Å². The Labute approximate surface area is 197 Å². The molecule has 2 heterocycles. The number of guanidine groups is 1. The molecule has 31 heavy (non-hydrogen) atoms. The van der Waals surface area contributed by atoms with Gasteiger partial charge < -0.3 is 15.0 Å². The van der Waals surface area contributed by atoms with Gasteiger partial charge in [0.2, 0.25) is 0 Å². The van der Waals surface area contributed by atoms with E-state index in [4.69, 9.17) is 4.74 Å². The largest absolute Gasteiger partial charge is 0.492 e. The lowest BCUT2D eigenvalue weighted by atomic mass is 10.2. The molecule has 7 nitrogen and oxygen atoms in total. The predicted molar refractivity (Wildman–Crippen MR) is 124 cm³/mol. The second kappa shape index (κ2) is 11.6. The molecule has 3 rings (SSSR count). The van der Waals surface area contributed by atoms with E-state index in [9.17, 15) is 13.2 Å². The fraction of sp³-hybridized carbons (Fsp3) is 0.500. The third-order valence-electron chi connectivity index (χ3n) is 4.91. The summed E-state index contributed by atoms with van der Waals surface area (Å²) in [5, 5.41) is 6.58. The monoisotopic (exact) mass is 552 g/mol. The van der Waals surface area contributed by atoms with Crippen molar-refractivity contribution in [3.63, 3.8) is 0 Å². The normalized spacial score (nSPS) is 15.5. The molecule has 0 saturated carbocycles. The summed E-state index contributed by atoms with van der Waals surface area (Å²) in [6.45, 7) is 4.59. The van der Waals surface area contributed by atoms with Crippen molar-refractivity contribution in [1.29, 1.82) is 0 Å². The lowest BCUT2D eigenvalue weighted by molar-refractivity contribution is -0.142. The Morgan fingerprint density at radius 3 is 2.45 bits per heavy atom. The molecular formula is C20H28F3IN6O. The second-order valence-electron chi connectivity index (χ2n) is 7.07. The highest BCUT2D eigenvalue weighted by molar-refractivity contribution is 14.0. The molecule has 0 atom stereocenters. The summed E-state index contributed by atoms with van der Waals surface area (Å²) in [4.78, 5) is 8.59. The summed E-state index contributed by atoms with van der Waals surface area (Å²) in [6.07, 6.45) is -3.09. The highest BCUT2D eigenvalue weighted by Crippen LogP contribution is 2.30. The van der Waals surface area contributed by atoms with E-state index >= 15 is 0 Å². The summed E-state index contributed by atoms with van der Waals surface area (Å²) < 4.78 is 46.3. The van der Waals surface area contributed by atoms with Gasteiger partial charge in [0, 0.05) is 65.1 Å². The Bertz CT molecular complexity index is 835. The van der Waals surface area contributed by atoms with Crippen molar-refractivity contribution >= 4 is 29.9 Å². The molecule has 1 saturated heterocycles. The first-order valence-corrected chi connectivity index (χ1v) is 9.82. The highest BCUT2D eigenvalue weighted by Gasteiger charge is 2.36. The van der Waals surface area contributed by atoms with Crippen LogP contribution < -0.4 is 10.1 Å². The molecule has 0 unspecified atom stereocenters. The maximum Gasteiger partial charge on any atom is 0.435 e. The minimum atomic E-state index is -4.48. The number of aromatic nitrogens is 2. The van der Waals surface area contributed by atoms with Crippen molar-refractivity contribution in [3.8, 4) is 5.75 Å². The van der Waals surface area contributed by atoms with Gasteiger partial charge >= 0.3 is 6.18 Å². The predicted octanol–water partition coefficient (Wildman–Crippen LogP) is 2.83. The summed E-state index contributed by atoms with van der Waals surface area (Å²) in [5.41, 5.74) is -0.765. The summed E-state index contributed by atoms with van der Waals surface area (Å²) >= 11 is 0. The second-order valence-corrected chi connectivity index (χ2v) is 7.07. The molecule has 1 aliphatic heterocycles. The van der Waals surface area contributed by atoms with Gasteiger partial charge in [0.05, 0.1) is 0 Å². The first-order valence-electron chi connectivity index (χ1n) is 9.82. The van der Waals surface area contributed by atoms with Crippen LogP contribution in [0.2, 0.25) is 0 Å². The number of hydrogen-bond donors (Lipinski definition) is 1. The summed E-state index contributed by atoms with van der Waals surface area (Å²) in [7, 11) is 3.12. The Kier molecular flexibility index (Phi) is 9.41. The van der Waals surface area contributed by atoms with Gasteiger partial charge in [-0.05, 0) is 12.1 Å². The number of para-hydroxylation sites is 1. The van der Waals surface area contributed by atoms with Crippen LogP contribution in [0, 0.1) is 0 Å². The van der Waals surface area contributed by atoms with E-state index in [1.165, 1.54) is 17.9 Å². The number of rotatable bonds is 6. The number of hydrogen-bond acceptors (Lipinski definition) is 4. The first kappa shape index (κ1) is 25.2. The fourth-order valence-electron chi connectivity index (χ4n) is 3.40. The third-order valence-corrected chi connectivity index (χ3v) is 4.91. The molecule has 2 aromatic rings. The quantitative estimate of drug-likeness (QED) is 0.340. The smallest absolute Gasteiger partial charge is 0.435 e. The van der Waals surface area contributed by atoms with Crippen molar-refractivity contribution < 1.29 is 17.9 Å². The number of nitrogens with one attached hydrogen (secondary N) is 1. The molecule has 0 radical (unpaired) electrons. The van der Waals surface area contributed by atoms with Gasteiger partial charge in [-0.3, -0.25) is 14.6 Å². The lowest BCUT2D eigenvalue weighted by Crippen LogP contribution is -2.52. The Balaban J connectivity index is 0.00000341.